The lowest BCUT2D eigenvalue weighted by molar-refractivity contribution is -0.909. The Balaban J connectivity index is 1.67. The van der Waals surface area contributed by atoms with Gasteiger partial charge in [-0.2, -0.15) is 4.98 Å². The van der Waals surface area contributed by atoms with E-state index in [1.165, 1.54) is 6.07 Å². The molecule has 1 N–H and O–H groups in total. The summed E-state index contributed by atoms with van der Waals surface area (Å²) in [6.07, 6.45) is 0. The predicted octanol–water partition coefficient (Wildman–Crippen LogP) is 2.74. The zero-order chi connectivity index (χ0) is 16.2. The molecular formula is C17H16ClFN3O+. The van der Waals surface area contributed by atoms with Gasteiger partial charge >= 0.3 is 0 Å². The lowest BCUT2D eigenvalue weighted by Crippen LogP contribution is -3.06. The number of hydrogen-bond acceptors (Lipinski definition) is 3. The smallest absolute Gasteiger partial charge is 0.282 e. The second kappa shape index (κ2) is 6.89. The molecular weight excluding hydrogens is 317 g/mol. The molecule has 0 saturated heterocycles. The zero-order valence-electron chi connectivity index (χ0n) is 12.6. The first-order valence-corrected chi connectivity index (χ1v) is 7.63. The average molecular weight is 333 g/mol. The highest BCUT2D eigenvalue weighted by molar-refractivity contribution is 6.30. The fraction of sp³-hybridized carbons (Fsp3) is 0.176. The largest absolute Gasteiger partial charge is 0.333 e. The zero-order valence-corrected chi connectivity index (χ0v) is 13.3. The van der Waals surface area contributed by atoms with E-state index in [2.05, 4.69) is 10.1 Å². The van der Waals surface area contributed by atoms with Gasteiger partial charge in [0.2, 0.25) is 5.82 Å². The third-order valence-corrected chi connectivity index (χ3v) is 3.73. The van der Waals surface area contributed by atoms with Crippen LogP contribution in [0.25, 0.3) is 11.4 Å². The highest BCUT2D eigenvalue weighted by Crippen LogP contribution is 2.18. The van der Waals surface area contributed by atoms with Crippen LogP contribution in [0, 0.1) is 5.82 Å². The summed E-state index contributed by atoms with van der Waals surface area (Å²) >= 11 is 5.86. The molecule has 3 rings (SSSR count). The van der Waals surface area contributed by atoms with E-state index in [1.807, 2.05) is 25.2 Å². The molecule has 0 fully saturated rings. The molecule has 4 nitrogen and oxygen atoms in total. The van der Waals surface area contributed by atoms with E-state index >= 15 is 0 Å². The van der Waals surface area contributed by atoms with Crippen LogP contribution >= 0.6 is 11.6 Å². The van der Waals surface area contributed by atoms with Crippen LogP contribution in [0.15, 0.2) is 53.1 Å². The molecule has 2 aromatic carbocycles. The van der Waals surface area contributed by atoms with Crippen LogP contribution in [0.2, 0.25) is 5.02 Å². The van der Waals surface area contributed by atoms with Gasteiger partial charge in [0.1, 0.15) is 12.4 Å². The summed E-state index contributed by atoms with van der Waals surface area (Å²) in [7, 11) is 1.96. The maximum atomic E-state index is 13.7. The van der Waals surface area contributed by atoms with Crippen molar-refractivity contribution in [1.82, 2.24) is 10.1 Å². The Morgan fingerprint density at radius 2 is 1.83 bits per heavy atom. The first kappa shape index (κ1) is 15.6. The molecule has 118 valence electrons. The third kappa shape index (κ3) is 3.94. The number of benzene rings is 2. The Hall–Kier alpha value is -2.24. The fourth-order valence-electron chi connectivity index (χ4n) is 2.33. The van der Waals surface area contributed by atoms with Gasteiger partial charge < -0.3 is 9.42 Å². The topological polar surface area (TPSA) is 43.4 Å². The summed E-state index contributed by atoms with van der Waals surface area (Å²) in [5.74, 6) is 0.846. The van der Waals surface area contributed by atoms with Gasteiger partial charge in [-0.05, 0) is 30.3 Å². The molecule has 0 radical (unpaired) electrons. The van der Waals surface area contributed by atoms with Crippen LogP contribution in [0.4, 0.5) is 4.39 Å². The Kier molecular flexibility index (Phi) is 4.69. The summed E-state index contributed by atoms with van der Waals surface area (Å²) in [6, 6.07) is 14.0. The van der Waals surface area contributed by atoms with Crippen LogP contribution in [-0.2, 0) is 13.1 Å². The molecule has 1 unspecified atom stereocenters. The standard InChI is InChI=1S/C17H15ClFN3O/c1-22(10-13-4-2-3-5-15(13)19)11-16-20-17(21-23-16)12-6-8-14(18)9-7-12/h2-9H,10-11H2,1H3/p+1. The van der Waals surface area contributed by atoms with Gasteiger partial charge in [0.15, 0.2) is 6.54 Å². The first-order valence-electron chi connectivity index (χ1n) is 7.25. The summed E-state index contributed by atoms with van der Waals surface area (Å²) in [6.45, 7) is 1.07. The van der Waals surface area contributed by atoms with Gasteiger partial charge in [0, 0.05) is 16.1 Å². The summed E-state index contributed by atoms with van der Waals surface area (Å²) in [5.41, 5.74) is 1.51. The molecule has 0 amide bonds. The highest BCUT2D eigenvalue weighted by Gasteiger charge is 2.14. The molecule has 0 aliphatic rings. The van der Waals surface area contributed by atoms with Gasteiger partial charge in [-0.1, -0.05) is 35.0 Å². The van der Waals surface area contributed by atoms with Gasteiger partial charge in [0.05, 0.1) is 7.05 Å². The van der Waals surface area contributed by atoms with Crippen LogP contribution in [-0.4, -0.2) is 17.2 Å². The second-order valence-corrected chi connectivity index (χ2v) is 5.86. The molecule has 3 aromatic rings. The predicted molar refractivity (Wildman–Crippen MR) is 85.4 cm³/mol. The lowest BCUT2D eigenvalue weighted by Gasteiger charge is -2.11. The fourth-order valence-corrected chi connectivity index (χ4v) is 2.46. The van der Waals surface area contributed by atoms with Crippen molar-refractivity contribution < 1.29 is 13.8 Å². The Bertz CT molecular complexity index is 789. The molecule has 1 heterocycles. The lowest BCUT2D eigenvalue weighted by atomic mass is 10.2. The SMILES string of the molecule is C[NH+](Cc1nc(-c2ccc(Cl)cc2)no1)Cc1ccccc1F. The molecule has 1 atom stereocenters. The van der Waals surface area contributed by atoms with E-state index in [4.69, 9.17) is 16.1 Å². The van der Waals surface area contributed by atoms with Crippen molar-refractivity contribution in [2.24, 2.45) is 0 Å². The monoisotopic (exact) mass is 332 g/mol. The normalized spacial score (nSPS) is 12.3. The minimum absolute atomic E-state index is 0.195. The molecule has 1 aromatic heterocycles. The Morgan fingerprint density at radius 3 is 2.57 bits per heavy atom. The van der Waals surface area contributed by atoms with Crippen molar-refractivity contribution in [3.05, 3.63) is 70.8 Å². The molecule has 0 saturated carbocycles. The van der Waals surface area contributed by atoms with Crippen molar-refractivity contribution in [3.8, 4) is 11.4 Å². The maximum absolute atomic E-state index is 13.7. The second-order valence-electron chi connectivity index (χ2n) is 5.42. The molecule has 6 heteroatoms. The van der Waals surface area contributed by atoms with Gasteiger partial charge in [-0.25, -0.2) is 4.39 Å². The van der Waals surface area contributed by atoms with Crippen molar-refractivity contribution in [2.45, 2.75) is 13.1 Å². The Morgan fingerprint density at radius 1 is 1.09 bits per heavy atom. The molecule has 0 aliphatic carbocycles. The minimum atomic E-state index is -0.195. The number of nitrogens with zero attached hydrogens (tertiary/aromatic N) is 2. The first-order chi connectivity index (χ1) is 11.1. The quantitative estimate of drug-likeness (QED) is 0.781. The van der Waals surface area contributed by atoms with Crippen LogP contribution in [0.5, 0.6) is 0 Å². The number of rotatable bonds is 5. The third-order valence-electron chi connectivity index (χ3n) is 3.47. The molecule has 0 bridgehead atoms. The molecule has 0 aliphatic heterocycles. The Labute approximate surface area is 138 Å². The van der Waals surface area contributed by atoms with Crippen LogP contribution in [0.1, 0.15) is 11.5 Å². The molecule has 0 spiro atoms. The summed E-state index contributed by atoms with van der Waals surface area (Å²) in [5, 5.41) is 4.64. The minimum Gasteiger partial charge on any atom is -0.333 e. The number of nitrogens with one attached hydrogen (secondary N) is 1. The summed E-state index contributed by atoms with van der Waals surface area (Å²) < 4.78 is 19.0. The van der Waals surface area contributed by atoms with Crippen molar-refractivity contribution >= 4 is 11.6 Å². The van der Waals surface area contributed by atoms with E-state index in [1.54, 1.807) is 24.3 Å². The van der Waals surface area contributed by atoms with E-state index < -0.39 is 0 Å². The molecule has 23 heavy (non-hydrogen) atoms. The average Bonchev–Trinajstić information content (AvgIpc) is 2.98. The van der Waals surface area contributed by atoms with E-state index in [0.717, 1.165) is 10.5 Å². The maximum Gasteiger partial charge on any atom is 0.282 e. The summed E-state index contributed by atoms with van der Waals surface area (Å²) in [4.78, 5) is 5.44. The number of quaternary nitrogens is 1. The van der Waals surface area contributed by atoms with Crippen LogP contribution < -0.4 is 4.90 Å². The van der Waals surface area contributed by atoms with Crippen molar-refractivity contribution in [1.29, 1.82) is 0 Å². The van der Waals surface area contributed by atoms with Gasteiger partial charge in [-0.15, -0.1) is 0 Å². The highest BCUT2D eigenvalue weighted by atomic mass is 35.5. The number of aromatic nitrogens is 2. The van der Waals surface area contributed by atoms with Crippen molar-refractivity contribution in [2.75, 3.05) is 7.05 Å². The van der Waals surface area contributed by atoms with E-state index in [-0.39, 0.29) is 5.82 Å². The van der Waals surface area contributed by atoms with Gasteiger partial charge in [0.25, 0.3) is 5.89 Å². The number of hydrogen-bond donors (Lipinski definition) is 1. The van der Waals surface area contributed by atoms with E-state index in [0.29, 0.717) is 35.4 Å². The van der Waals surface area contributed by atoms with Gasteiger partial charge in [-0.3, -0.25) is 0 Å². The number of halogens is 2. The van der Waals surface area contributed by atoms with E-state index in [9.17, 15) is 4.39 Å². The van der Waals surface area contributed by atoms with Crippen molar-refractivity contribution in [3.63, 3.8) is 0 Å². The van der Waals surface area contributed by atoms with Crippen LogP contribution in [0.3, 0.4) is 0 Å².